The molecule has 2 aliphatic carbocycles. The lowest BCUT2D eigenvalue weighted by atomic mass is 10.1. The molecule has 0 bridgehead atoms. The zero-order valence-corrected chi connectivity index (χ0v) is 18.6. The van der Waals surface area contributed by atoms with Crippen LogP contribution in [-0.4, -0.2) is 44.4 Å². The lowest BCUT2D eigenvalue weighted by molar-refractivity contribution is 0.0796. The molecule has 4 heterocycles. The average Bonchev–Trinajstić information content (AvgIpc) is 3.41. The Hall–Kier alpha value is -3.23. The first kappa shape index (κ1) is 20.4. The summed E-state index contributed by atoms with van der Waals surface area (Å²) in [4.78, 5) is 27.0. The van der Waals surface area contributed by atoms with E-state index in [-0.39, 0.29) is 11.9 Å². The summed E-state index contributed by atoms with van der Waals surface area (Å²) in [6, 6.07) is 5.73. The maximum absolute atomic E-state index is 13.5. The minimum Gasteiger partial charge on any atom is -0.364 e. The molecule has 2 fully saturated rings. The van der Waals surface area contributed by atoms with Crippen LogP contribution in [0, 0.1) is 18.8 Å². The molecular formula is C24H26F2N6O. The van der Waals surface area contributed by atoms with E-state index >= 15 is 0 Å². The second-order valence-corrected chi connectivity index (χ2v) is 9.55. The third kappa shape index (κ3) is 3.32. The summed E-state index contributed by atoms with van der Waals surface area (Å²) in [5.41, 5.74) is 5.56. The van der Waals surface area contributed by atoms with Crippen LogP contribution in [0.1, 0.15) is 51.2 Å². The second kappa shape index (κ2) is 7.13. The van der Waals surface area contributed by atoms with E-state index in [9.17, 15) is 13.6 Å². The van der Waals surface area contributed by atoms with Gasteiger partial charge in [-0.15, -0.1) is 0 Å². The van der Waals surface area contributed by atoms with Gasteiger partial charge in [0.05, 0.1) is 35.5 Å². The van der Waals surface area contributed by atoms with Gasteiger partial charge < -0.3 is 19.8 Å². The summed E-state index contributed by atoms with van der Waals surface area (Å²) in [6.07, 6.45) is 5.92. The van der Waals surface area contributed by atoms with Crippen LogP contribution in [-0.2, 0) is 19.9 Å². The maximum Gasteiger partial charge on any atom is 0.258 e. The van der Waals surface area contributed by atoms with Crippen molar-refractivity contribution >= 4 is 11.7 Å². The molecule has 1 aliphatic heterocycles. The van der Waals surface area contributed by atoms with Crippen molar-refractivity contribution in [2.24, 2.45) is 18.9 Å². The largest absolute Gasteiger partial charge is 0.364 e. The van der Waals surface area contributed by atoms with Gasteiger partial charge in [-0.3, -0.25) is 4.79 Å². The van der Waals surface area contributed by atoms with Crippen LogP contribution in [0.2, 0.25) is 0 Å². The van der Waals surface area contributed by atoms with Crippen LogP contribution in [0.5, 0.6) is 0 Å². The molecule has 3 aromatic heterocycles. The van der Waals surface area contributed by atoms with E-state index in [1.165, 1.54) is 5.69 Å². The van der Waals surface area contributed by atoms with Gasteiger partial charge in [-0.1, -0.05) is 6.07 Å². The molecule has 172 valence electrons. The molecule has 0 radical (unpaired) electrons. The second-order valence-electron chi connectivity index (χ2n) is 9.55. The van der Waals surface area contributed by atoms with E-state index in [2.05, 4.69) is 20.3 Å². The van der Waals surface area contributed by atoms with Crippen LogP contribution >= 0.6 is 0 Å². The number of carbonyl (C=O) groups excluding carboxylic acids is 1. The highest BCUT2D eigenvalue weighted by Crippen LogP contribution is 2.59. The highest BCUT2D eigenvalue weighted by molar-refractivity contribution is 5.94. The quantitative estimate of drug-likeness (QED) is 0.623. The van der Waals surface area contributed by atoms with Crippen molar-refractivity contribution in [2.75, 3.05) is 18.0 Å². The molecule has 0 aromatic carbocycles. The SMILES string of the molecule is Cc1nc(N2CC3C(C2)C3(F)F)ccc1Cc1cc(C(=O)N[C@@H]2CCc3c2ncn3C)c[nH]1. The molecule has 0 spiro atoms. The fourth-order valence-electron chi connectivity index (χ4n) is 5.38. The zero-order chi connectivity index (χ0) is 22.9. The number of imidazole rings is 1. The summed E-state index contributed by atoms with van der Waals surface area (Å²) in [5, 5.41) is 3.10. The number of rotatable bonds is 5. The van der Waals surface area contributed by atoms with Gasteiger partial charge in [0.15, 0.2) is 0 Å². The summed E-state index contributed by atoms with van der Waals surface area (Å²) in [7, 11) is 1.98. The number of piperidine rings is 1. The van der Waals surface area contributed by atoms with E-state index in [0.717, 1.165) is 41.3 Å². The lowest BCUT2D eigenvalue weighted by Gasteiger charge is -2.21. The first-order valence-electron chi connectivity index (χ1n) is 11.4. The normalized spacial score (nSPS) is 24.6. The van der Waals surface area contributed by atoms with E-state index < -0.39 is 17.8 Å². The minimum absolute atomic E-state index is 0.0531. The van der Waals surface area contributed by atoms with E-state index in [1.807, 2.05) is 41.6 Å². The van der Waals surface area contributed by atoms with E-state index in [1.54, 1.807) is 12.5 Å². The molecule has 2 N–H and O–H groups in total. The Kier molecular flexibility index (Phi) is 4.41. The molecule has 33 heavy (non-hydrogen) atoms. The third-order valence-electron chi connectivity index (χ3n) is 7.49. The number of anilines is 1. The third-order valence-corrected chi connectivity index (χ3v) is 7.49. The number of nitrogens with one attached hydrogen (secondary N) is 2. The summed E-state index contributed by atoms with van der Waals surface area (Å²) in [5.74, 6) is -2.87. The van der Waals surface area contributed by atoms with Crippen LogP contribution in [0.25, 0.3) is 0 Å². The highest BCUT2D eigenvalue weighted by Gasteiger charge is 2.71. The monoisotopic (exact) mass is 452 g/mol. The summed E-state index contributed by atoms with van der Waals surface area (Å²) in [6.45, 7) is 2.68. The molecule has 1 saturated heterocycles. The van der Waals surface area contributed by atoms with Crippen molar-refractivity contribution in [1.29, 1.82) is 0 Å². The highest BCUT2D eigenvalue weighted by atomic mass is 19.3. The first-order chi connectivity index (χ1) is 15.8. The Morgan fingerprint density at radius 1 is 1.30 bits per heavy atom. The average molecular weight is 453 g/mol. The number of halogens is 2. The molecule has 3 aromatic rings. The molecule has 1 saturated carbocycles. The molecule has 6 rings (SSSR count). The van der Waals surface area contributed by atoms with Gasteiger partial charge in [0.25, 0.3) is 11.8 Å². The van der Waals surface area contributed by atoms with E-state index in [0.29, 0.717) is 25.1 Å². The molecule has 9 heteroatoms. The van der Waals surface area contributed by atoms with E-state index in [4.69, 9.17) is 0 Å². The van der Waals surface area contributed by atoms with Crippen LogP contribution in [0.15, 0.2) is 30.7 Å². The minimum atomic E-state index is -2.49. The number of nitrogens with zero attached hydrogens (tertiary/aromatic N) is 4. The predicted octanol–water partition coefficient (Wildman–Crippen LogP) is 3.16. The van der Waals surface area contributed by atoms with Crippen LogP contribution in [0.3, 0.4) is 0 Å². The number of alkyl halides is 2. The van der Waals surface area contributed by atoms with Crippen molar-refractivity contribution in [3.05, 3.63) is 64.6 Å². The smallest absolute Gasteiger partial charge is 0.258 e. The van der Waals surface area contributed by atoms with Crippen molar-refractivity contribution < 1.29 is 13.6 Å². The lowest BCUT2D eigenvalue weighted by Crippen LogP contribution is -2.28. The fourth-order valence-corrected chi connectivity index (χ4v) is 5.38. The Bertz CT molecular complexity index is 1230. The molecule has 2 unspecified atom stereocenters. The topological polar surface area (TPSA) is 78.8 Å². The number of hydrogen-bond donors (Lipinski definition) is 2. The van der Waals surface area contributed by atoms with Crippen molar-refractivity contribution in [3.63, 3.8) is 0 Å². The number of aryl methyl sites for hydroxylation is 2. The van der Waals surface area contributed by atoms with Gasteiger partial charge >= 0.3 is 0 Å². The Morgan fingerprint density at radius 3 is 2.85 bits per heavy atom. The number of fused-ring (bicyclic) bond motifs is 2. The maximum atomic E-state index is 13.5. The van der Waals surface area contributed by atoms with Gasteiger partial charge in [-0.2, -0.15) is 0 Å². The number of hydrogen-bond acceptors (Lipinski definition) is 4. The number of amides is 1. The molecule has 1 amide bonds. The van der Waals surface area contributed by atoms with Gasteiger partial charge in [0, 0.05) is 49.8 Å². The standard InChI is InChI=1S/C24H26F2N6O/c1-13-14(3-6-21(29-13)32-10-17-18(11-32)24(17,25)26)7-16-8-15(9-27-16)23(33)30-19-4-5-20-22(19)28-12-31(20)2/h3,6,8-9,12,17-19,27H,4-5,7,10-11H2,1-2H3,(H,30,33)/t17?,18?,19-/m1/s1. The number of H-pyrrole nitrogens is 1. The molecular weight excluding hydrogens is 426 g/mol. The molecule has 3 atom stereocenters. The van der Waals surface area contributed by atoms with Gasteiger partial charge in [-0.05, 0) is 37.5 Å². The summed E-state index contributed by atoms with van der Waals surface area (Å²) < 4.78 is 29.0. The van der Waals surface area contributed by atoms with Crippen LogP contribution < -0.4 is 10.2 Å². The van der Waals surface area contributed by atoms with Gasteiger partial charge in [0.2, 0.25) is 0 Å². The number of aromatic nitrogens is 4. The molecule has 7 nitrogen and oxygen atoms in total. The van der Waals surface area contributed by atoms with Crippen molar-refractivity contribution in [3.8, 4) is 0 Å². The Labute approximate surface area is 190 Å². The van der Waals surface area contributed by atoms with Gasteiger partial charge in [0.1, 0.15) is 5.82 Å². The first-order valence-corrected chi connectivity index (χ1v) is 11.4. The number of aromatic amines is 1. The summed E-state index contributed by atoms with van der Waals surface area (Å²) >= 11 is 0. The van der Waals surface area contributed by atoms with Crippen LogP contribution in [0.4, 0.5) is 14.6 Å². The van der Waals surface area contributed by atoms with Crippen molar-refractivity contribution in [1.82, 2.24) is 24.8 Å². The number of carbonyl (C=O) groups is 1. The Morgan fingerprint density at radius 2 is 2.09 bits per heavy atom. The Balaban J connectivity index is 1.10. The fraction of sp³-hybridized carbons (Fsp3) is 0.458. The molecule has 3 aliphatic rings. The zero-order valence-electron chi connectivity index (χ0n) is 18.6. The van der Waals surface area contributed by atoms with Gasteiger partial charge in [-0.25, -0.2) is 18.7 Å². The van der Waals surface area contributed by atoms with Crippen molar-refractivity contribution in [2.45, 2.75) is 38.2 Å². The number of pyridine rings is 1. The predicted molar refractivity (Wildman–Crippen MR) is 118 cm³/mol.